The van der Waals surface area contributed by atoms with Gasteiger partial charge in [0.25, 0.3) is 5.91 Å². The van der Waals surface area contributed by atoms with Gasteiger partial charge in [-0.1, -0.05) is 13.3 Å². The summed E-state index contributed by atoms with van der Waals surface area (Å²) in [6.45, 7) is 2.74. The number of rotatable bonds is 6. The van der Waals surface area contributed by atoms with Crippen molar-refractivity contribution in [3.8, 4) is 0 Å². The highest BCUT2D eigenvalue weighted by Crippen LogP contribution is 2.22. The number of amides is 2. The Morgan fingerprint density at radius 2 is 2.00 bits per heavy atom. The molecule has 2 amide bonds. The molecule has 2 fully saturated rings. The van der Waals surface area contributed by atoms with E-state index in [-0.39, 0.29) is 30.7 Å². The lowest BCUT2D eigenvalue weighted by Crippen LogP contribution is -2.54. The smallest absolute Gasteiger partial charge is 0.417 e. The van der Waals surface area contributed by atoms with Crippen molar-refractivity contribution in [3.63, 3.8) is 0 Å². The third kappa shape index (κ3) is 3.06. The first kappa shape index (κ1) is 14.3. The Hall–Kier alpha value is -1.15. The molecule has 0 aromatic heterocycles. The van der Waals surface area contributed by atoms with Gasteiger partial charge in [-0.15, -0.1) is 0 Å². The maximum Gasteiger partial charge on any atom is 0.417 e. The fraction of sp³-hybridized carbons (Fsp3) is 0.818. The molecule has 0 aliphatic carbocycles. The quantitative estimate of drug-likeness (QED) is 0.689. The first-order valence-electron chi connectivity index (χ1n) is 6.39. The molecule has 2 saturated heterocycles. The second-order valence-electron chi connectivity index (χ2n) is 4.91. The van der Waals surface area contributed by atoms with E-state index in [4.69, 9.17) is 0 Å². The number of ether oxygens (including phenoxy) is 1. The Bertz CT molecular complexity index is 453. The predicted molar refractivity (Wildman–Crippen MR) is 66.8 cm³/mol. The monoisotopic (exact) mass is 290 g/mol. The van der Waals surface area contributed by atoms with Gasteiger partial charge in [0.1, 0.15) is 0 Å². The minimum Gasteiger partial charge on any atom is -0.439 e. The van der Waals surface area contributed by atoms with Crippen molar-refractivity contribution in [2.75, 3.05) is 32.0 Å². The molecule has 2 aliphatic rings. The summed E-state index contributed by atoms with van der Waals surface area (Å²) >= 11 is 0. The highest BCUT2D eigenvalue weighted by Gasteiger charge is 2.40. The minimum absolute atomic E-state index is 0.0194. The van der Waals surface area contributed by atoms with Gasteiger partial charge in [0.15, 0.2) is 6.61 Å². The van der Waals surface area contributed by atoms with Crippen LogP contribution in [0.25, 0.3) is 0 Å². The molecule has 0 radical (unpaired) electrons. The molecule has 0 N–H and O–H groups in total. The molecule has 2 heterocycles. The largest absolute Gasteiger partial charge is 0.439 e. The van der Waals surface area contributed by atoms with Crippen LogP contribution in [0.2, 0.25) is 0 Å². The van der Waals surface area contributed by atoms with E-state index in [0.29, 0.717) is 19.5 Å². The molecule has 19 heavy (non-hydrogen) atoms. The van der Waals surface area contributed by atoms with E-state index >= 15 is 0 Å². The highest BCUT2D eigenvalue weighted by molar-refractivity contribution is 7.89. The maximum atomic E-state index is 11.8. The fourth-order valence-corrected chi connectivity index (χ4v) is 3.92. The van der Waals surface area contributed by atoms with E-state index in [2.05, 4.69) is 4.74 Å². The Morgan fingerprint density at radius 3 is 2.53 bits per heavy atom. The van der Waals surface area contributed by atoms with Gasteiger partial charge < -0.3 is 4.74 Å². The fourth-order valence-electron chi connectivity index (χ4n) is 2.14. The molecule has 7 nitrogen and oxygen atoms in total. The minimum atomic E-state index is -3.17. The Balaban J connectivity index is 1.80. The summed E-state index contributed by atoms with van der Waals surface area (Å²) in [6.07, 6.45) is 0.864. The number of carbonyl (C=O) groups excluding carboxylic acids is 2. The van der Waals surface area contributed by atoms with Gasteiger partial charge in [-0.05, 0) is 6.42 Å². The van der Waals surface area contributed by atoms with Crippen molar-refractivity contribution < 1.29 is 22.7 Å². The topological polar surface area (TPSA) is 84.0 Å². The molecule has 2 rings (SSSR count). The number of sulfonamides is 1. The first-order valence-corrected chi connectivity index (χ1v) is 8.00. The van der Waals surface area contributed by atoms with Crippen LogP contribution in [0.15, 0.2) is 0 Å². The molecule has 0 bridgehead atoms. The summed E-state index contributed by atoms with van der Waals surface area (Å²) in [6, 6.07) is 0. The summed E-state index contributed by atoms with van der Waals surface area (Å²) in [5.74, 6) is -0.163. The summed E-state index contributed by atoms with van der Waals surface area (Å²) in [5, 5.41) is 0. The van der Waals surface area contributed by atoms with Crippen LogP contribution in [0.1, 0.15) is 19.8 Å². The van der Waals surface area contributed by atoms with Crippen LogP contribution in [0, 0.1) is 5.92 Å². The zero-order chi connectivity index (χ0) is 14.0. The van der Waals surface area contributed by atoms with Crippen LogP contribution in [0.4, 0.5) is 4.79 Å². The predicted octanol–water partition coefficient (Wildman–Crippen LogP) is 0.0269. The van der Waals surface area contributed by atoms with Crippen LogP contribution < -0.4 is 0 Å². The Morgan fingerprint density at radius 1 is 1.32 bits per heavy atom. The zero-order valence-corrected chi connectivity index (χ0v) is 11.7. The van der Waals surface area contributed by atoms with E-state index in [0.717, 1.165) is 11.3 Å². The van der Waals surface area contributed by atoms with E-state index in [1.165, 1.54) is 4.31 Å². The van der Waals surface area contributed by atoms with E-state index < -0.39 is 16.1 Å². The SMILES string of the molecule is CCCCS(=O)(=O)N1CC(CN2C(=O)COC2=O)C1. The Kier molecular flexibility index (Phi) is 4.10. The molecule has 108 valence electrons. The molecular weight excluding hydrogens is 272 g/mol. The number of hydrogen-bond donors (Lipinski definition) is 0. The maximum absolute atomic E-state index is 11.8. The molecule has 0 spiro atoms. The third-order valence-corrected chi connectivity index (χ3v) is 5.24. The highest BCUT2D eigenvalue weighted by atomic mass is 32.2. The molecule has 0 atom stereocenters. The van der Waals surface area contributed by atoms with Crippen LogP contribution in [-0.4, -0.2) is 61.6 Å². The van der Waals surface area contributed by atoms with Gasteiger partial charge in [-0.3, -0.25) is 4.79 Å². The summed E-state index contributed by atoms with van der Waals surface area (Å²) in [4.78, 5) is 23.6. The van der Waals surface area contributed by atoms with Crippen LogP contribution in [0.5, 0.6) is 0 Å². The van der Waals surface area contributed by atoms with Crippen molar-refractivity contribution in [2.24, 2.45) is 5.92 Å². The molecule has 0 saturated carbocycles. The van der Waals surface area contributed by atoms with Crippen molar-refractivity contribution in [3.05, 3.63) is 0 Å². The van der Waals surface area contributed by atoms with Crippen LogP contribution >= 0.6 is 0 Å². The van der Waals surface area contributed by atoms with E-state index in [9.17, 15) is 18.0 Å². The third-order valence-electron chi connectivity index (χ3n) is 3.35. The zero-order valence-electron chi connectivity index (χ0n) is 10.9. The molecular formula is C11H18N2O5S. The van der Waals surface area contributed by atoms with Crippen molar-refractivity contribution >= 4 is 22.0 Å². The molecule has 0 aromatic carbocycles. The number of hydrogen-bond acceptors (Lipinski definition) is 5. The molecule has 2 aliphatic heterocycles. The summed E-state index contributed by atoms with van der Waals surface area (Å²) < 4.78 is 29.7. The van der Waals surface area contributed by atoms with Gasteiger partial charge in [0.05, 0.1) is 5.75 Å². The van der Waals surface area contributed by atoms with Gasteiger partial charge >= 0.3 is 6.09 Å². The molecule has 0 aromatic rings. The number of cyclic esters (lactones) is 1. The summed E-state index contributed by atoms with van der Waals surface area (Å²) in [7, 11) is -3.17. The Labute approximate surface area is 112 Å². The van der Waals surface area contributed by atoms with Gasteiger partial charge in [-0.2, -0.15) is 0 Å². The van der Waals surface area contributed by atoms with E-state index in [1.807, 2.05) is 6.92 Å². The van der Waals surface area contributed by atoms with Crippen molar-refractivity contribution in [2.45, 2.75) is 19.8 Å². The van der Waals surface area contributed by atoms with Crippen LogP contribution in [0.3, 0.4) is 0 Å². The standard InChI is InChI=1S/C11H18N2O5S/c1-2-3-4-19(16,17)12-5-9(6-12)7-13-10(14)8-18-11(13)15/h9H,2-8H2,1H3. The van der Waals surface area contributed by atoms with Gasteiger partial charge in [0.2, 0.25) is 10.0 Å². The average Bonchev–Trinajstić information content (AvgIpc) is 2.61. The van der Waals surface area contributed by atoms with E-state index in [1.54, 1.807) is 0 Å². The van der Waals surface area contributed by atoms with Gasteiger partial charge in [-0.25, -0.2) is 22.4 Å². The number of carbonyl (C=O) groups is 2. The molecule has 8 heteroatoms. The number of nitrogens with zero attached hydrogens (tertiary/aromatic N) is 2. The van der Waals surface area contributed by atoms with Gasteiger partial charge in [0, 0.05) is 25.6 Å². The van der Waals surface area contributed by atoms with Crippen LogP contribution in [-0.2, 0) is 19.6 Å². The normalized spacial score (nSPS) is 21.6. The summed E-state index contributed by atoms with van der Waals surface area (Å²) in [5.41, 5.74) is 0. The lowest BCUT2D eigenvalue weighted by molar-refractivity contribution is -0.126. The lowest BCUT2D eigenvalue weighted by Gasteiger charge is -2.39. The lowest BCUT2D eigenvalue weighted by atomic mass is 10.0. The second kappa shape index (κ2) is 5.46. The molecule has 0 unspecified atom stereocenters. The van der Waals surface area contributed by atoms with Crippen molar-refractivity contribution in [1.82, 2.24) is 9.21 Å². The number of imide groups is 1. The number of unbranched alkanes of at least 4 members (excludes halogenated alkanes) is 1. The first-order chi connectivity index (χ1) is 8.94. The average molecular weight is 290 g/mol. The second-order valence-corrected chi connectivity index (χ2v) is 7.00. The van der Waals surface area contributed by atoms with Crippen molar-refractivity contribution in [1.29, 1.82) is 0 Å².